The van der Waals surface area contributed by atoms with Crippen molar-refractivity contribution in [1.82, 2.24) is 0 Å². The maximum absolute atomic E-state index is 11.6. The van der Waals surface area contributed by atoms with Crippen molar-refractivity contribution in [2.24, 2.45) is 0 Å². The summed E-state index contributed by atoms with van der Waals surface area (Å²) in [7, 11) is 0. The molecule has 2 atom stereocenters. The highest BCUT2D eigenvalue weighted by molar-refractivity contribution is 5.59. The van der Waals surface area contributed by atoms with Gasteiger partial charge in [-0.3, -0.25) is 0 Å². The molecule has 0 saturated heterocycles. The number of halogens is 2. The van der Waals surface area contributed by atoms with Crippen LogP contribution in [0.2, 0.25) is 0 Å². The largest absolute Gasteiger partial charge is 0.496 e. The summed E-state index contributed by atoms with van der Waals surface area (Å²) in [6, 6.07) is 0. The Morgan fingerprint density at radius 1 is 1.00 bits per heavy atom. The molecule has 0 aromatic rings. The standard InChI is InChI=1S/C8H8F2O4/c1-5(13-7(9)11)3-4-6(2)14-8(10)12/h5-6H,1-2H3. The minimum Gasteiger partial charge on any atom is -0.424 e. The molecule has 0 aromatic heterocycles. The number of hydrogen-bond donors (Lipinski definition) is 0. The van der Waals surface area contributed by atoms with Crippen LogP contribution in [0.25, 0.3) is 0 Å². The molecule has 0 N–H and O–H groups in total. The first-order chi connectivity index (χ1) is 6.41. The van der Waals surface area contributed by atoms with Crippen LogP contribution in [0.1, 0.15) is 13.8 Å². The van der Waals surface area contributed by atoms with Crippen LogP contribution < -0.4 is 0 Å². The summed E-state index contributed by atoms with van der Waals surface area (Å²) in [5.41, 5.74) is 0. The Labute approximate surface area is 79.2 Å². The zero-order valence-electron chi connectivity index (χ0n) is 7.54. The van der Waals surface area contributed by atoms with Crippen LogP contribution in [0.5, 0.6) is 0 Å². The highest BCUT2D eigenvalue weighted by Crippen LogP contribution is 1.95. The van der Waals surface area contributed by atoms with E-state index in [4.69, 9.17) is 0 Å². The van der Waals surface area contributed by atoms with E-state index in [-0.39, 0.29) is 0 Å². The van der Waals surface area contributed by atoms with Crippen LogP contribution in [0.4, 0.5) is 18.4 Å². The van der Waals surface area contributed by atoms with E-state index >= 15 is 0 Å². The predicted molar refractivity (Wildman–Crippen MR) is 41.9 cm³/mol. The minimum absolute atomic E-state index is 0.978. The molecule has 0 spiro atoms. The van der Waals surface area contributed by atoms with Crippen molar-refractivity contribution >= 4 is 12.4 Å². The maximum Gasteiger partial charge on any atom is 0.496 e. The molecule has 0 amide bonds. The monoisotopic (exact) mass is 206 g/mol. The normalized spacial score (nSPS) is 13.1. The number of ether oxygens (including phenoxy) is 2. The van der Waals surface area contributed by atoms with Gasteiger partial charge in [-0.15, -0.1) is 8.78 Å². The fourth-order valence-corrected chi connectivity index (χ4v) is 0.572. The van der Waals surface area contributed by atoms with E-state index in [0.29, 0.717) is 0 Å². The molecule has 0 heterocycles. The number of rotatable bonds is 2. The average molecular weight is 206 g/mol. The summed E-state index contributed by atoms with van der Waals surface area (Å²) in [6.07, 6.45) is -5.87. The third-order valence-electron chi connectivity index (χ3n) is 1.03. The number of carbonyl (C=O) groups is 2. The van der Waals surface area contributed by atoms with E-state index in [0.717, 1.165) is 0 Å². The lowest BCUT2D eigenvalue weighted by molar-refractivity contribution is 0.101. The molecule has 2 unspecified atom stereocenters. The number of hydrogen-bond acceptors (Lipinski definition) is 4. The molecule has 14 heavy (non-hydrogen) atoms. The van der Waals surface area contributed by atoms with Crippen molar-refractivity contribution in [3.8, 4) is 11.8 Å². The molecule has 0 aliphatic heterocycles. The highest BCUT2D eigenvalue weighted by atomic mass is 19.2. The Bertz CT molecular complexity index is 253. The smallest absolute Gasteiger partial charge is 0.424 e. The van der Waals surface area contributed by atoms with Gasteiger partial charge in [-0.05, 0) is 13.8 Å². The second-order valence-electron chi connectivity index (χ2n) is 2.28. The van der Waals surface area contributed by atoms with Gasteiger partial charge in [0.15, 0.2) is 12.2 Å². The molecule has 4 nitrogen and oxygen atoms in total. The van der Waals surface area contributed by atoms with Gasteiger partial charge in [-0.25, -0.2) is 9.59 Å². The van der Waals surface area contributed by atoms with Crippen molar-refractivity contribution in [1.29, 1.82) is 0 Å². The van der Waals surface area contributed by atoms with Crippen molar-refractivity contribution in [2.75, 3.05) is 0 Å². The van der Waals surface area contributed by atoms with Crippen molar-refractivity contribution < 1.29 is 27.8 Å². The van der Waals surface area contributed by atoms with E-state index in [1.54, 1.807) is 0 Å². The molecule has 0 aliphatic carbocycles. The number of carbonyl (C=O) groups excluding carboxylic acids is 2. The second-order valence-corrected chi connectivity index (χ2v) is 2.28. The van der Waals surface area contributed by atoms with E-state index < -0.39 is 24.7 Å². The molecule has 0 aliphatic rings. The summed E-state index contributed by atoms with van der Waals surface area (Å²) < 4.78 is 31.2. The van der Waals surface area contributed by atoms with Crippen LogP contribution in [0.15, 0.2) is 0 Å². The Kier molecular flexibility index (Phi) is 5.22. The Balaban J connectivity index is 4.01. The molecule has 0 bridgehead atoms. The quantitative estimate of drug-likeness (QED) is 0.512. The molecule has 0 aromatic carbocycles. The molecule has 6 heteroatoms. The van der Waals surface area contributed by atoms with Gasteiger partial charge in [0.25, 0.3) is 0 Å². The lowest BCUT2D eigenvalue weighted by Crippen LogP contribution is -2.11. The van der Waals surface area contributed by atoms with Crippen LogP contribution in [0, 0.1) is 11.8 Å². The molecular formula is C8H8F2O4. The molecule has 78 valence electrons. The first-order valence-corrected chi connectivity index (χ1v) is 3.65. The van der Waals surface area contributed by atoms with Gasteiger partial charge < -0.3 is 9.47 Å². The SMILES string of the molecule is CC(C#CC(C)OC(=O)F)OC(=O)F. The van der Waals surface area contributed by atoms with Gasteiger partial charge in [0.05, 0.1) is 0 Å². The van der Waals surface area contributed by atoms with Crippen molar-refractivity contribution in [3.05, 3.63) is 0 Å². The fourth-order valence-electron chi connectivity index (χ4n) is 0.572. The van der Waals surface area contributed by atoms with Gasteiger partial charge in [0.2, 0.25) is 0 Å². The molecule has 0 radical (unpaired) electrons. The molecular weight excluding hydrogens is 198 g/mol. The van der Waals surface area contributed by atoms with Crippen LogP contribution in [-0.2, 0) is 9.47 Å². The van der Waals surface area contributed by atoms with Crippen LogP contribution in [0.3, 0.4) is 0 Å². The predicted octanol–water partition coefficient (Wildman–Crippen LogP) is 1.98. The zero-order valence-corrected chi connectivity index (χ0v) is 7.54. The lowest BCUT2D eigenvalue weighted by Gasteiger charge is -2.03. The fraction of sp³-hybridized carbons (Fsp3) is 0.500. The second kappa shape index (κ2) is 5.91. The summed E-state index contributed by atoms with van der Waals surface area (Å²) >= 11 is 0. The van der Waals surface area contributed by atoms with Crippen LogP contribution >= 0.6 is 0 Å². The summed E-state index contributed by atoms with van der Waals surface area (Å²) in [4.78, 5) is 19.5. The van der Waals surface area contributed by atoms with E-state index in [1.807, 2.05) is 0 Å². The van der Waals surface area contributed by atoms with E-state index in [2.05, 4.69) is 21.3 Å². The average Bonchev–Trinajstić information content (AvgIpc) is 1.98. The molecule has 0 saturated carbocycles. The van der Waals surface area contributed by atoms with Gasteiger partial charge in [-0.2, -0.15) is 0 Å². The lowest BCUT2D eigenvalue weighted by atomic mass is 10.3. The molecule has 0 rings (SSSR count). The third kappa shape index (κ3) is 7.03. The van der Waals surface area contributed by atoms with Gasteiger partial charge in [-0.1, -0.05) is 11.8 Å². The van der Waals surface area contributed by atoms with Crippen molar-refractivity contribution in [2.45, 2.75) is 26.1 Å². The van der Waals surface area contributed by atoms with E-state index in [1.165, 1.54) is 13.8 Å². The zero-order chi connectivity index (χ0) is 11.1. The maximum atomic E-state index is 11.6. The Morgan fingerprint density at radius 2 is 1.29 bits per heavy atom. The van der Waals surface area contributed by atoms with Gasteiger partial charge in [0.1, 0.15) is 0 Å². The Hall–Kier alpha value is -1.64. The van der Waals surface area contributed by atoms with Gasteiger partial charge in [0, 0.05) is 0 Å². The summed E-state index contributed by atoms with van der Waals surface area (Å²) in [5, 5.41) is 0. The third-order valence-corrected chi connectivity index (χ3v) is 1.03. The first kappa shape index (κ1) is 12.4. The highest BCUT2D eigenvalue weighted by Gasteiger charge is 2.06. The summed E-state index contributed by atoms with van der Waals surface area (Å²) in [5.74, 6) is 4.48. The van der Waals surface area contributed by atoms with E-state index in [9.17, 15) is 18.4 Å². The molecule has 0 fully saturated rings. The van der Waals surface area contributed by atoms with Gasteiger partial charge >= 0.3 is 12.4 Å². The van der Waals surface area contributed by atoms with Crippen LogP contribution in [-0.4, -0.2) is 24.7 Å². The Morgan fingerprint density at radius 3 is 1.50 bits per heavy atom. The first-order valence-electron chi connectivity index (χ1n) is 3.65. The topological polar surface area (TPSA) is 52.6 Å². The minimum atomic E-state index is -1.96. The summed E-state index contributed by atoms with van der Waals surface area (Å²) in [6.45, 7) is 2.63. The van der Waals surface area contributed by atoms with Crippen molar-refractivity contribution in [3.63, 3.8) is 0 Å².